The number of anilines is 1. The number of benzene rings is 2. The van der Waals surface area contributed by atoms with Crippen LogP contribution in [0.25, 0.3) is 0 Å². The van der Waals surface area contributed by atoms with Crippen molar-refractivity contribution >= 4 is 23.2 Å². The van der Waals surface area contributed by atoms with E-state index in [0.717, 1.165) is 5.56 Å². The van der Waals surface area contributed by atoms with E-state index >= 15 is 0 Å². The predicted octanol–water partition coefficient (Wildman–Crippen LogP) is 3.63. The van der Waals surface area contributed by atoms with Crippen molar-refractivity contribution in [2.75, 3.05) is 18.5 Å². The zero-order valence-corrected chi connectivity index (χ0v) is 13.9. The number of aliphatic hydroxyl groups is 1. The molecular weight excluding hydrogens is 314 g/mol. The van der Waals surface area contributed by atoms with Crippen LogP contribution in [0.15, 0.2) is 48.5 Å². The fourth-order valence-electron chi connectivity index (χ4n) is 2.09. The molecule has 0 atom stereocenters. The van der Waals surface area contributed by atoms with E-state index in [1.807, 2.05) is 26.0 Å². The number of ether oxygens (including phenoxy) is 1. The summed E-state index contributed by atoms with van der Waals surface area (Å²) in [5.41, 5.74) is 0.823. The second-order valence-corrected chi connectivity index (χ2v) is 6.12. The average molecular weight is 334 g/mol. The highest BCUT2D eigenvalue weighted by Gasteiger charge is 2.30. The largest absolute Gasteiger partial charge is 0.491 e. The summed E-state index contributed by atoms with van der Waals surface area (Å²) in [6.07, 6.45) is 0. The topological polar surface area (TPSA) is 58.6 Å². The molecule has 0 spiro atoms. The molecule has 2 N–H and O–H groups in total. The Morgan fingerprint density at radius 3 is 2.52 bits per heavy atom. The maximum atomic E-state index is 12.6. The molecule has 5 heteroatoms. The van der Waals surface area contributed by atoms with Gasteiger partial charge in [-0.25, -0.2) is 0 Å². The molecule has 2 rings (SSSR count). The van der Waals surface area contributed by atoms with Gasteiger partial charge < -0.3 is 15.2 Å². The molecule has 0 unspecified atom stereocenters. The molecule has 2 aromatic rings. The Hall–Kier alpha value is -2.04. The van der Waals surface area contributed by atoms with Crippen LogP contribution in [0, 0.1) is 0 Å². The van der Waals surface area contributed by atoms with E-state index in [9.17, 15) is 4.79 Å². The van der Waals surface area contributed by atoms with Crippen molar-refractivity contribution in [3.05, 3.63) is 59.1 Å². The molecule has 4 nitrogen and oxygen atoms in total. The lowest BCUT2D eigenvalue weighted by atomic mass is 9.83. The molecule has 0 aliphatic carbocycles. The molecule has 23 heavy (non-hydrogen) atoms. The van der Waals surface area contributed by atoms with Crippen LogP contribution in [0.5, 0.6) is 5.75 Å². The highest BCUT2D eigenvalue weighted by Crippen LogP contribution is 2.27. The van der Waals surface area contributed by atoms with Crippen LogP contribution in [0.2, 0.25) is 5.02 Å². The number of amides is 1. The van der Waals surface area contributed by atoms with Gasteiger partial charge in [0.2, 0.25) is 5.91 Å². The van der Waals surface area contributed by atoms with E-state index in [4.69, 9.17) is 21.4 Å². The van der Waals surface area contributed by atoms with Gasteiger partial charge >= 0.3 is 0 Å². The molecule has 0 aliphatic rings. The summed E-state index contributed by atoms with van der Waals surface area (Å²) in [5.74, 6) is 0.523. The zero-order valence-electron chi connectivity index (χ0n) is 13.2. The molecule has 0 fully saturated rings. The van der Waals surface area contributed by atoms with Crippen LogP contribution in [0.3, 0.4) is 0 Å². The number of nitrogens with one attached hydrogen (secondary N) is 1. The molecule has 122 valence electrons. The highest BCUT2D eigenvalue weighted by atomic mass is 35.5. The van der Waals surface area contributed by atoms with Crippen LogP contribution >= 0.6 is 11.6 Å². The Bertz CT molecular complexity index is 668. The molecular formula is C18H20ClNO3. The minimum atomic E-state index is -0.711. The summed E-state index contributed by atoms with van der Waals surface area (Å²) < 4.78 is 5.29. The molecule has 2 aromatic carbocycles. The van der Waals surface area contributed by atoms with Crippen molar-refractivity contribution in [1.82, 2.24) is 0 Å². The van der Waals surface area contributed by atoms with E-state index in [1.54, 1.807) is 36.4 Å². The van der Waals surface area contributed by atoms with Crippen molar-refractivity contribution in [3.63, 3.8) is 0 Å². The molecule has 0 aliphatic heterocycles. The predicted molar refractivity (Wildman–Crippen MR) is 92.1 cm³/mol. The van der Waals surface area contributed by atoms with Crippen LogP contribution < -0.4 is 10.1 Å². The maximum Gasteiger partial charge on any atom is 0.234 e. The number of hydrogen-bond donors (Lipinski definition) is 2. The fraction of sp³-hybridized carbons (Fsp3) is 0.278. The third-order valence-corrected chi connectivity index (χ3v) is 3.82. The SMILES string of the molecule is CC(C)(C(=O)Nc1ccc(OCCO)cc1)c1cccc(Cl)c1. The summed E-state index contributed by atoms with van der Waals surface area (Å²) in [4.78, 5) is 12.6. The number of halogens is 1. The first-order valence-electron chi connectivity index (χ1n) is 7.34. The molecule has 0 saturated carbocycles. The van der Waals surface area contributed by atoms with Gasteiger partial charge in [-0.2, -0.15) is 0 Å². The number of carbonyl (C=O) groups is 1. The van der Waals surface area contributed by atoms with Gasteiger partial charge in [0.05, 0.1) is 12.0 Å². The normalized spacial score (nSPS) is 11.1. The van der Waals surface area contributed by atoms with Crippen LogP contribution in [-0.4, -0.2) is 24.2 Å². The third kappa shape index (κ3) is 4.47. The minimum absolute atomic E-state index is 0.0354. The third-order valence-electron chi connectivity index (χ3n) is 3.59. The minimum Gasteiger partial charge on any atom is -0.491 e. The first-order chi connectivity index (χ1) is 10.9. The van der Waals surface area contributed by atoms with E-state index in [-0.39, 0.29) is 19.1 Å². The van der Waals surface area contributed by atoms with Gasteiger partial charge in [0, 0.05) is 10.7 Å². The van der Waals surface area contributed by atoms with E-state index in [0.29, 0.717) is 16.5 Å². The highest BCUT2D eigenvalue weighted by molar-refractivity contribution is 6.30. The van der Waals surface area contributed by atoms with Crippen molar-refractivity contribution in [1.29, 1.82) is 0 Å². The lowest BCUT2D eigenvalue weighted by molar-refractivity contribution is -0.120. The fourth-order valence-corrected chi connectivity index (χ4v) is 2.28. The van der Waals surface area contributed by atoms with Crippen LogP contribution in [0.1, 0.15) is 19.4 Å². The van der Waals surface area contributed by atoms with E-state index in [2.05, 4.69) is 5.32 Å². The Morgan fingerprint density at radius 1 is 1.22 bits per heavy atom. The first kappa shape index (κ1) is 17.3. The average Bonchev–Trinajstić information content (AvgIpc) is 2.54. The van der Waals surface area contributed by atoms with Crippen molar-refractivity contribution in [2.24, 2.45) is 0 Å². The Morgan fingerprint density at radius 2 is 1.91 bits per heavy atom. The number of rotatable bonds is 6. The summed E-state index contributed by atoms with van der Waals surface area (Å²) in [7, 11) is 0. The van der Waals surface area contributed by atoms with Crippen LogP contribution in [0.4, 0.5) is 5.69 Å². The van der Waals surface area contributed by atoms with Gasteiger partial charge in [0.1, 0.15) is 12.4 Å². The summed E-state index contributed by atoms with van der Waals surface area (Å²) >= 11 is 6.01. The molecule has 1 amide bonds. The van der Waals surface area contributed by atoms with Gasteiger partial charge in [0.15, 0.2) is 0 Å². The summed E-state index contributed by atoms with van der Waals surface area (Å²) in [5, 5.41) is 12.2. The van der Waals surface area contributed by atoms with Crippen LogP contribution in [-0.2, 0) is 10.2 Å². The Kier molecular flexibility index (Phi) is 5.64. The van der Waals surface area contributed by atoms with Gasteiger partial charge in [-0.3, -0.25) is 4.79 Å². The second-order valence-electron chi connectivity index (χ2n) is 5.69. The maximum absolute atomic E-state index is 12.6. The number of hydrogen-bond acceptors (Lipinski definition) is 3. The van der Waals surface area contributed by atoms with Gasteiger partial charge in [-0.05, 0) is 55.8 Å². The smallest absolute Gasteiger partial charge is 0.234 e. The quantitative estimate of drug-likeness (QED) is 0.848. The standard InChI is InChI=1S/C18H20ClNO3/c1-18(2,13-4-3-5-14(19)12-13)17(22)20-15-6-8-16(9-7-15)23-11-10-21/h3-9,12,21H,10-11H2,1-2H3,(H,20,22). The first-order valence-corrected chi connectivity index (χ1v) is 7.72. The summed E-state index contributed by atoms with van der Waals surface area (Å²) in [6, 6.07) is 14.3. The van der Waals surface area contributed by atoms with Crippen molar-refractivity contribution < 1.29 is 14.6 Å². The second kappa shape index (κ2) is 7.49. The zero-order chi connectivity index (χ0) is 16.9. The monoisotopic (exact) mass is 333 g/mol. The van der Waals surface area contributed by atoms with Gasteiger partial charge in [0.25, 0.3) is 0 Å². The lowest BCUT2D eigenvalue weighted by Crippen LogP contribution is -2.34. The van der Waals surface area contributed by atoms with E-state index in [1.165, 1.54) is 0 Å². The molecule has 0 aromatic heterocycles. The van der Waals surface area contributed by atoms with E-state index < -0.39 is 5.41 Å². The number of aliphatic hydroxyl groups excluding tert-OH is 1. The molecule has 0 heterocycles. The van der Waals surface area contributed by atoms with Crippen molar-refractivity contribution in [2.45, 2.75) is 19.3 Å². The van der Waals surface area contributed by atoms with Gasteiger partial charge in [-0.15, -0.1) is 0 Å². The van der Waals surface area contributed by atoms with Crippen molar-refractivity contribution in [3.8, 4) is 5.75 Å². The molecule has 0 saturated heterocycles. The molecule has 0 radical (unpaired) electrons. The van der Waals surface area contributed by atoms with Gasteiger partial charge in [-0.1, -0.05) is 23.7 Å². The Labute approximate surface area is 141 Å². The lowest BCUT2D eigenvalue weighted by Gasteiger charge is -2.24. The Balaban J connectivity index is 2.08. The molecule has 0 bridgehead atoms. The summed E-state index contributed by atoms with van der Waals surface area (Å²) in [6.45, 7) is 3.92. The number of carbonyl (C=O) groups excluding carboxylic acids is 1.